The summed E-state index contributed by atoms with van der Waals surface area (Å²) in [5, 5.41) is 2.88. The van der Waals surface area contributed by atoms with Crippen LogP contribution in [0.15, 0.2) is 0 Å². The highest BCUT2D eigenvalue weighted by molar-refractivity contribution is 6.52. The van der Waals surface area contributed by atoms with Gasteiger partial charge in [-0.15, -0.1) is 0 Å². The van der Waals surface area contributed by atoms with Crippen LogP contribution >= 0.6 is 0 Å². The van der Waals surface area contributed by atoms with Crippen molar-refractivity contribution in [2.24, 2.45) is 0 Å². The molecule has 1 saturated heterocycles. The van der Waals surface area contributed by atoms with Crippen LogP contribution < -0.4 is 0 Å². The Bertz CT molecular complexity index is 149. The lowest BCUT2D eigenvalue weighted by Crippen LogP contribution is -2.28. The van der Waals surface area contributed by atoms with Crippen LogP contribution in [0.1, 0.15) is 65.2 Å². The Morgan fingerprint density at radius 3 is 2.60 bits per heavy atom. The van der Waals surface area contributed by atoms with E-state index < -0.39 is 14.5 Å². The summed E-state index contributed by atoms with van der Waals surface area (Å²) >= 11 is -0.743. The monoisotopic (exact) mass is 226 g/mol. The lowest BCUT2D eigenvalue weighted by atomic mass is 10.1. The largest absolute Gasteiger partial charge is 0.498 e. The van der Waals surface area contributed by atoms with Gasteiger partial charge in [0.15, 0.2) is 0 Å². The van der Waals surface area contributed by atoms with Gasteiger partial charge in [-0.3, -0.25) is 0 Å². The van der Waals surface area contributed by atoms with Crippen molar-refractivity contribution in [2.75, 3.05) is 0 Å². The van der Waals surface area contributed by atoms with Crippen molar-refractivity contribution in [1.82, 2.24) is 0 Å². The van der Waals surface area contributed by atoms with Crippen molar-refractivity contribution < 1.29 is 3.79 Å². The average Bonchev–Trinajstić information content (AvgIpc) is 2.23. The maximum atomic E-state index is 6.05. The fraction of sp³-hybridized carbons (Fsp3) is 1.00. The molecule has 0 saturated carbocycles. The molecule has 15 heavy (non-hydrogen) atoms. The van der Waals surface area contributed by atoms with E-state index in [-0.39, 0.29) is 0 Å². The second-order valence-electron chi connectivity index (χ2n) is 5.06. The molecule has 0 aromatic rings. The molecule has 88 valence electrons. The van der Waals surface area contributed by atoms with Gasteiger partial charge in [0, 0.05) is 6.10 Å². The minimum atomic E-state index is -0.743. The van der Waals surface area contributed by atoms with Gasteiger partial charge in [-0.25, -0.2) is 0 Å². The molecule has 1 fully saturated rings. The lowest BCUT2D eigenvalue weighted by Gasteiger charge is -2.24. The van der Waals surface area contributed by atoms with Crippen LogP contribution in [0.2, 0.25) is 10.6 Å². The Labute approximate surface area is 100 Å². The van der Waals surface area contributed by atoms with Crippen molar-refractivity contribution in [3.8, 4) is 0 Å². The summed E-state index contributed by atoms with van der Waals surface area (Å²) in [6.07, 6.45) is 11.9. The van der Waals surface area contributed by atoms with E-state index in [4.69, 9.17) is 3.79 Å². The number of unbranched alkanes of at least 4 members (excludes halogenated alkanes) is 5. The maximum Gasteiger partial charge on any atom is 0.460 e. The Kier molecular flexibility index (Phi) is 7.79. The molecular weight excluding hydrogens is 199 g/mol. The summed E-state index contributed by atoms with van der Waals surface area (Å²) in [4.78, 5) is 0. The highest BCUT2D eigenvalue weighted by atomic mass is 27.2. The normalized spacial score (nSPS) is 22.0. The van der Waals surface area contributed by atoms with Crippen molar-refractivity contribution in [1.29, 1.82) is 0 Å². The third kappa shape index (κ3) is 6.61. The maximum absolute atomic E-state index is 6.05. The Balaban J connectivity index is 1.90. The third-order valence-corrected chi connectivity index (χ3v) is 6.40. The molecule has 1 atom stereocenters. The van der Waals surface area contributed by atoms with Gasteiger partial charge >= 0.3 is 14.5 Å². The molecule has 1 aliphatic heterocycles. The van der Waals surface area contributed by atoms with Crippen LogP contribution in [0.25, 0.3) is 0 Å². The summed E-state index contributed by atoms with van der Waals surface area (Å²) in [5.74, 6) is 0. The minimum absolute atomic E-state index is 0.579. The lowest BCUT2D eigenvalue weighted by molar-refractivity contribution is 0.188. The molecule has 0 aliphatic carbocycles. The average molecular weight is 226 g/mol. The SMILES string of the molecule is CCCCCCC[CH2][Al]1[CH2]CCC(C)[O]1. The van der Waals surface area contributed by atoms with Crippen LogP contribution in [-0.2, 0) is 3.79 Å². The van der Waals surface area contributed by atoms with E-state index in [9.17, 15) is 0 Å². The molecular formula is C13H27AlO. The molecule has 0 N–H and O–H groups in total. The quantitative estimate of drug-likeness (QED) is 0.457. The van der Waals surface area contributed by atoms with E-state index in [1.807, 2.05) is 0 Å². The highest BCUT2D eigenvalue weighted by Gasteiger charge is 2.25. The Morgan fingerprint density at radius 2 is 1.87 bits per heavy atom. The van der Waals surface area contributed by atoms with E-state index in [0.29, 0.717) is 6.10 Å². The van der Waals surface area contributed by atoms with Crippen LogP contribution in [0.5, 0.6) is 0 Å². The van der Waals surface area contributed by atoms with Crippen LogP contribution in [0.3, 0.4) is 0 Å². The van der Waals surface area contributed by atoms with Crippen LogP contribution in [0.4, 0.5) is 0 Å². The van der Waals surface area contributed by atoms with Crippen molar-refractivity contribution in [3.63, 3.8) is 0 Å². The molecule has 1 rings (SSSR count). The molecule has 1 aliphatic rings. The van der Waals surface area contributed by atoms with E-state index in [1.54, 1.807) is 0 Å². The molecule has 1 unspecified atom stereocenters. The molecule has 2 heteroatoms. The van der Waals surface area contributed by atoms with E-state index >= 15 is 0 Å². The zero-order valence-corrected chi connectivity index (χ0v) is 11.8. The standard InChI is InChI=1S/C8H17.C5H10O.Al/c1-3-5-7-8-6-4-2;1-3-4-5(2)6;/h1,3-8H2,2H3;5H,1,3-4H2,2H3;/q;-1;+1. The smallest absolute Gasteiger partial charge is 0.460 e. The van der Waals surface area contributed by atoms with Gasteiger partial charge < -0.3 is 3.79 Å². The van der Waals surface area contributed by atoms with E-state index in [2.05, 4.69) is 13.8 Å². The first-order valence-electron chi connectivity index (χ1n) is 6.98. The topological polar surface area (TPSA) is 9.23 Å². The van der Waals surface area contributed by atoms with Crippen molar-refractivity contribution >= 4 is 14.5 Å². The van der Waals surface area contributed by atoms with Gasteiger partial charge in [0.1, 0.15) is 0 Å². The van der Waals surface area contributed by atoms with Crippen LogP contribution in [-0.4, -0.2) is 20.6 Å². The molecule has 0 bridgehead atoms. The Hall–Kier alpha value is 0.492. The van der Waals surface area contributed by atoms with E-state index in [0.717, 1.165) is 0 Å². The zero-order valence-electron chi connectivity index (χ0n) is 10.6. The fourth-order valence-electron chi connectivity index (χ4n) is 2.46. The molecule has 0 aromatic carbocycles. The van der Waals surface area contributed by atoms with Gasteiger partial charge in [0.05, 0.1) is 0 Å². The van der Waals surface area contributed by atoms with Gasteiger partial charge in [-0.1, -0.05) is 62.4 Å². The predicted molar refractivity (Wildman–Crippen MR) is 68.5 cm³/mol. The number of rotatable bonds is 7. The van der Waals surface area contributed by atoms with Crippen molar-refractivity contribution in [3.05, 3.63) is 0 Å². The second kappa shape index (κ2) is 8.62. The van der Waals surface area contributed by atoms with Crippen LogP contribution in [0, 0.1) is 0 Å². The summed E-state index contributed by atoms with van der Waals surface area (Å²) in [7, 11) is 0. The molecule has 0 spiro atoms. The van der Waals surface area contributed by atoms with Crippen molar-refractivity contribution in [2.45, 2.75) is 81.9 Å². The molecule has 1 nitrogen and oxygen atoms in total. The first-order chi connectivity index (χ1) is 7.33. The van der Waals surface area contributed by atoms with Gasteiger partial charge in [0.2, 0.25) is 0 Å². The first kappa shape index (κ1) is 13.6. The highest BCUT2D eigenvalue weighted by Crippen LogP contribution is 2.21. The minimum Gasteiger partial charge on any atom is -0.498 e. The first-order valence-corrected chi connectivity index (χ1v) is 9.09. The van der Waals surface area contributed by atoms with Gasteiger partial charge in [-0.05, 0) is 13.3 Å². The number of hydrogen-bond donors (Lipinski definition) is 0. The summed E-state index contributed by atoms with van der Waals surface area (Å²) < 4.78 is 6.05. The molecule has 0 amide bonds. The van der Waals surface area contributed by atoms with Gasteiger partial charge in [-0.2, -0.15) is 0 Å². The molecule has 0 aromatic heterocycles. The second-order valence-corrected chi connectivity index (χ2v) is 7.73. The number of hydrogen-bond acceptors (Lipinski definition) is 1. The van der Waals surface area contributed by atoms with Gasteiger partial charge in [0.25, 0.3) is 0 Å². The predicted octanol–water partition coefficient (Wildman–Crippen LogP) is 4.54. The zero-order chi connectivity index (χ0) is 10.9. The molecule has 0 radical (unpaired) electrons. The fourth-order valence-corrected chi connectivity index (χ4v) is 5.25. The summed E-state index contributed by atoms with van der Waals surface area (Å²) in [6, 6.07) is 0. The summed E-state index contributed by atoms with van der Waals surface area (Å²) in [6.45, 7) is 4.53. The Morgan fingerprint density at radius 1 is 1.13 bits per heavy atom. The summed E-state index contributed by atoms with van der Waals surface area (Å²) in [5.41, 5.74) is 0. The van der Waals surface area contributed by atoms with E-state index in [1.165, 1.54) is 61.9 Å². The third-order valence-electron chi connectivity index (χ3n) is 3.44. The molecule has 1 heterocycles.